The van der Waals surface area contributed by atoms with Crippen molar-refractivity contribution >= 4 is 55.6 Å². The number of anilines is 3. The van der Waals surface area contributed by atoms with E-state index in [-0.39, 0.29) is 28.1 Å². The van der Waals surface area contributed by atoms with Gasteiger partial charge in [0.2, 0.25) is 0 Å². The van der Waals surface area contributed by atoms with E-state index in [0.717, 1.165) is 79.4 Å². The molecular formula is C49H50N8O5S2. The van der Waals surface area contributed by atoms with Crippen LogP contribution in [0.25, 0.3) is 22.0 Å². The summed E-state index contributed by atoms with van der Waals surface area (Å²) in [5.74, 6) is 2.34. The van der Waals surface area contributed by atoms with E-state index in [1.165, 1.54) is 29.6 Å². The van der Waals surface area contributed by atoms with E-state index in [1.54, 1.807) is 11.8 Å². The van der Waals surface area contributed by atoms with Crippen molar-refractivity contribution in [2.45, 2.75) is 28.8 Å². The van der Waals surface area contributed by atoms with Gasteiger partial charge in [0.1, 0.15) is 23.5 Å². The first kappa shape index (κ1) is 44.1. The molecule has 1 aliphatic rings. The van der Waals surface area contributed by atoms with E-state index < -0.39 is 14.9 Å². The maximum absolute atomic E-state index is 13.8. The Hall–Kier alpha value is -6.52. The Morgan fingerprint density at radius 2 is 1.52 bits per heavy atom. The Bertz CT molecular complexity index is 2790. The SMILES string of the molecule is CN(C)CC[C@H](CSc1ccccc1)Nc1ccc(S(=O)(=O)Nc2ncnc3cc(N4CCN(Cc5ccccc5-c5ccc(Oc6ccccc6)cc5)CC4)ccc23)cc1[N+](=O)[O-]. The molecule has 1 atom stereocenters. The average Bonchev–Trinajstić information content (AvgIpc) is 3.31. The highest BCUT2D eigenvalue weighted by Gasteiger charge is 2.25. The minimum absolute atomic E-state index is 0.0879. The van der Waals surface area contributed by atoms with Crippen LogP contribution in [0.1, 0.15) is 12.0 Å². The molecular weight excluding hydrogens is 845 g/mol. The van der Waals surface area contributed by atoms with Crippen molar-refractivity contribution in [3.05, 3.63) is 168 Å². The molecule has 6 aromatic carbocycles. The van der Waals surface area contributed by atoms with Crippen LogP contribution < -0.4 is 19.7 Å². The normalized spacial score (nSPS) is 13.8. The Kier molecular flexibility index (Phi) is 14.0. The first-order valence-corrected chi connectivity index (χ1v) is 23.6. The molecule has 13 nitrogen and oxygen atoms in total. The maximum Gasteiger partial charge on any atom is 0.293 e. The van der Waals surface area contributed by atoms with Crippen LogP contribution in [0, 0.1) is 10.1 Å². The molecule has 0 aliphatic carbocycles. The number of piperazine rings is 1. The second kappa shape index (κ2) is 20.3. The third kappa shape index (κ3) is 11.2. The van der Waals surface area contributed by atoms with Crippen LogP contribution in [-0.2, 0) is 16.6 Å². The predicted octanol–water partition coefficient (Wildman–Crippen LogP) is 9.64. The van der Waals surface area contributed by atoms with Gasteiger partial charge < -0.3 is 19.9 Å². The third-order valence-corrected chi connectivity index (χ3v) is 13.6. The van der Waals surface area contributed by atoms with Crippen molar-refractivity contribution in [2.75, 3.05) is 67.5 Å². The van der Waals surface area contributed by atoms with E-state index >= 15 is 0 Å². The molecule has 2 heterocycles. The largest absolute Gasteiger partial charge is 0.457 e. The molecule has 0 unspecified atom stereocenters. The fraction of sp³-hybridized carbons (Fsp3) is 0.224. The quantitative estimate of drug-likeness (QED) is 0.0481. The van der Waals surface area contributed by atoms with Gasteiger partial charge in [-0.2, -0.15) is 0 Å². The fourth-order valence-electron chi connectivity index (χ4n) is 7.68. The molecule has 0 amide bonds. The summed E-state index contributed by atoms with van der Waals surface area (Å²) in [4.78, 5) is 28.2. The summed E-state index contributed by atoms with van der Waals surface area (Å²) >= 11 is 1.66. The number of nitro groups is 1. The molecule has 0 spiro atoms. The number of para-hydroxylation sites is 1. The van der Waals surface area contributed by atoms with Gasteiger partial charge in [-0.3, -0.25) is 19.7 Å². The van der Waals surface area contributed by atoms with Crippen molar-refractivity contribution in [2.24, 2.45) is 0 Å². The van der Waals surface area contributed by atoms with Crippen LogP contribution in [0.15, 0.2) is 162 Å². The van der Waals surface area contributed by atoms with Gasteiger partial charge in [-0.25, -0.2) is 18.4 Å². The van der Waals surface area contributed by atoms with E-state index in [2.05, 4.69) is 71.1 Å². The van der Waals surface area contributed by atoms with Crippen molar-refractivity contribution in [3.8, 4) is 22.6 Å². The molecule has 1 aliphatic heterocycles. The number of nitrogens with zero attached hydrogens (tertiary/aromatic N) is 6. The Morgan fingerprint density at radius 1 is 0.812 bits per heavy atom. The number of hydrogen-bond donors (Lipinski definition) is 2. The van der Waals surface area contributed by atoms with Gasteiger partial charge in [0.05, 0.1) is 15.3 Å². The monoisotopic (exact) mass is 894 g/mol. The number of aromatic nitrogens is 2. The predicted molar refractivity (Wildman–Crippen MR) is 257 cm³/mol. The number of hydrogen-bond acceptors (Lipinski definition) is 12. The first-order chi connectivity index (χ1) is 31.1. The van der Waals surface area contributed by atoms with Gasteiger partial charge in [0.15, 0.2) is 5.82 Å². The van der Waals surface area contributed by atoms with Crippen LogP contribution >= 0.6 is 11.8 Å². The number of nitro benzene ring substituents is 1. The van der Waals surface area contributed by atoms with Gasteiger partial charge in [0, 0.05) is 66.6 Å². The van der Waals surface area contributed by atoms with Gasteiger partial charge >= 0.3 is 0 Å². The molecule has 1 aromatic heterocycles. The number of fused-ring (bicyclic) bond motifs is 1. The lowest BCUT2D eigenvalue weighted by Gasteiger charge is -2.36. The van der Waals surface area contributed by atoms with E-state index in [0.29, 0.717) is 16.7 Å². The second-order valence-corrected chi connectivity index (χ2v) is 18.7. The molecule has 1 fully saturated rings. The number of rotatable bonds is 18. The molecule has 7 aromatic rings. The molecule has 0 radical (unpaired) electrons. The molecule has 1 saturated heterocycles. The van der Waals surface area contributed by atoms with E-state index in [9.17, 15) is 18.5 Å². The second-order valence-electron chi connectivity index (χ2n) is 15.9. The highest BCUT2D eigenvalue weighted by atomic mass is 32.2. The lowest BCUT2D eigenvalue weighted by atomic mass is 9.99. The molecule has 0 saturated carbocycles. The summed E-state index contributed by atoms with van der Waals surface area (Å²) in [7, 11) is -0.320. The Balaban J connectivity index is 0.910. The smallest absolute Gasteiger partial charge is 0.293 e. The molecule has 2 N–H and O–H groups in total. The molecule has 0 bridgehead atoms. The Morgan fingerprint density at radius 3 is 2.25 bits per heavy atom. The number of thioether (sulfide) groups is 1. The summed E-state index contributed by atoms with van der Waals surface area (Å²) in [5.41, 5.74) is 5.05. The fourth-order valence-corrected chi connectivity index (χ4v) is 9.72. The van der Waals surface area contributed by atoms with E-state index in [4.69, 9.17) is 4.74 Å². The van der Waals surface area contributed by atoms with E-state index in [1.807, 2.05) is 105 Å². The zero-order chi connectivity index (χ0) is 44.5. The summed E-state index contributed by atoms with van der Waals surface area (Å²) in [6.45, 7) is 4.89. The highest BCUT2D eigenvalue weighted by molar-refractivity contribution is 7.99. The van der Waals surface area contributed by atoms with Gasteiger partial charge in [-0.05, 0) is 110 Å². The minimum Gasteiger partial charge on any atom is -0.457 e. The average molecular weight is 895 g/mol. The first-order valence-electron chi connectivity index (χ1n) is 21.1. The number of sulfonamides is 1. The van der Waals surface area contributed by atoms with Gasteiger partial charge in [-0.15, -0.1) is 11.8 Å². The minimum atomic E-state index is -4.28. The number of ether oxygens (including phenoxy) is 1. The Labute approximate surface area is 378 Å². The van der Waals surface area contributed by atoms with Crippen LogP contribution in [0.5, 0.6) is 11.5 Å². The standard InChI is InChI=1S/C49H50N8O5S2/c1-54(2)26-25-38(34-63-42-14-7-4-8-15-42)52-46-24-22-43(32-48(46)57(58)59)64(60,61)53-49-45-23-19-39(31-47(45)50-35-51-49)56-29-27-55(28-30-56)33-37-11-9-10-16-44(37)36-17-20-41(21-18-36)62-40-12-5-3-6-13-40/h3-24,31-32,35,38,52H,25-30,33-34H2,1-2H3,(H,50,51,53)/t38-/m1/s1. The zero-order valence-corrected chi connectivity index (χ0v) is 37.3. The topological polar surface area (TPSA) is 146 Å². The van der Waals surface area contributed by atoms with Gasteiger partial charge in [-0.1, -0.05) is 72.8 Å². The lowest BCUT2D eigenvalue weighted by Crippen LogP contribution is -2.46. The van der Waals surface area contributed by atoms with Crippen LogP contribution in [0.2, 0.25) is 0 Å². The maximum atomic E-state index is 13.8. The summed E-state index contributed by atoms with van der Waals surface area (Å²) in [6, 6.07) is 46.0. The van der Waals surface area contributed by atoms with Crippen molar-refractivity contribution in [1.29, 1.82) is 0 Å². The van der Waals surface area contributed by atoms with Crippen molar-refractivity contribution < 1.29 is 18.1 Å². The van der Waals surface area contributed by atoms with Crippen LogP contribution in [-0.4, -0.2) is 91.7 Å². The van der Waals surface area contributed by atoms with Crippen molar-refractivity contribution in [3.63, 3.8) is 0 Å². The van der Waals surface area contributed by atoms with Gasteiger partial charge in [0.25, 0.3) is 15.7 Å². The zero-order valence-electron chi connectivity index (χ0n) is 35.7. The van der Waals surface area contributed by atoms with Crippen LogP contribution in [0.3, 0.4) is 0 Å². The van der Waals surface area contributed by atoms with Crippen molar-refractivity contribution in [1.82, 2.24) is 19.8 Å². The molecule has 15 heteroatoms. The highest BCUT2D eigenvalue weighted by Crippen LogP contribution is 2.33. The lowest BCUT2D eigenvalue weighted by molar-refractivity contribution is -0.384. The number of nitrogens with one attached hydrogen (secondary N) is 2. The van der Waals surface area contributed by atoms with Crippen LogP contribution in [0.4, 0.5) is 22.9 Å². The summed E-state index contributed by atoms with van der Waals surface area (Å²) in [6.07, 6.45) is 2.04. The molecule has 328 valence electrons. The molecule has 8 rings (SSSR count). The number of benzene rings is 6. The summed E-state index contributed by atoms with van der Waals surface area (Å²) in [5, 5.41) is 16.2. The summed E-state index contributed by atoms with van der Waals surface area (Å²) < 4.78 is 36.2. The third-order valence-electron chi connectivity index (χ3n) is 11.1. The molecule has 64 heavy (non-hydrogen) atoms.